The third-order valence-electron chi connectivity index (χ3n) is 3.42. The number of nitrogens with two attached hydrogens (primary N) is 1. The second-order valence-electron chi connectivity index (χ2n) is 4.97. The van der Waals surface area contributed by atoms with E-state index in [0.717, 1.165) is 24.8 Å². The molecule has 1 aliphatic rings. The number of nitrogen functional groups attached to an aromatic ring is 1. The molecule has 5 nitrogen and oxygen atoms in total. The Labute approximate surface area is 115 Å². The van der Waals surface area contributed by atoms with Gasteiger partial charge in [-0.25, -0.2) is 0 Å². The van der Waals surface area contributed by atoms with Crippen LogP contribution in [-0.2, 0) is 16.8 Å². The molecule has 1 saturated heterocycles. The number of hydrogen-bond acceptors (Lipinski definition) is 3. The van der Waals surface area contributed by atoms with Gasteiger partial charge in [0.15, 0.2) is 0 Å². The molecule has 0 radical (unpaired) electrons. The van der Waals surface area contributed by atoms with E-state index in [0.29, 0.717) is 25.3 Å². The molecule has 1 aromatic carbocycles. The molecule has 0 bridgehead atoms. The molecule has 6 heteroatoms. The quantitative estimate of drug-likeness (QED) is 0.850. The van der Waals surface area contributed by atoms with Crippen LogP contribution in [0.15, 0.2) is 24.3 Å². The highest BCUT2D eigenvalue weighted by Gasteiger charge is 2.27. The summed E-state index contributed by atoms with van der Waals surface area (Å²) in [7, 11) is -1.71. The first kappa shape index (κ1) is 14.3. The number of hydrogen-bond donors (Lipinski definition) is 1. The van der Waals surface area contributed by atoms with Crippen LogP contribution in [0.25, 0.3) is 0 Å². The maximum absolute atomic E-state index is 12.4. The average molecular weight is 283 g/mol. The predicted octanol–water partition coefficient (Wildman–Crippen LogP) is 1.43. The topological polar surface area (TPSA) is 66.6 Å². The maximum Gasteiger partial charge on any atom is 0.282 e. The molecule has 0 aliphatic carbocycles. The molecule has 1 aromatic rings. The lowest BCUT2D eigenvalue weighted by molar-refractivity contribution is 0.314. The fraction of sp³-hybridized carbons (Fsp3) is 0.538. The zero-order chi connectivity index (χ0) is 13.9. The number of piperidine rings is 1. The van der Waals surface area contributed by atoms with Crippen molar-refractivity contribution in [2.24, 2.45) is 0 Å². The fourth-order valence-corrected chi connectivity index (χ4v) is 3.68. The summed E-state index contributed by atoms with van der Waals surface area (Å²) in [6.07, 6.45) is 3.03. The van der Waals surface area contributed by atoms with Crippen molar-refractivity contribution in [1.29, 1.82) is 0 Å². The van der Waals surface area contributed by atoms with E-state index < -0.39 is 10.2 Å². The van der Waals surface area contributed by atoms with E-state index in [9.17, 15) is 8.42 Å². The molecular weight excluding hydrogens is 262 g/mol. The Balaban J connectivity index is 2.05. The first-order valence-corrected chi connectivity index (χ1v) is 7.95. The minimum absolute atomic E-state index is 0.374. The number of anilines is 1. The molecule has 1 aliphatic heterocycles. The largest absolute Gasteiger partial charge is 0.399 e. The minimum atomic E-state index is -3.33. The molecule has 0 unspecified atom stereocenters. The molecule has 2 N–H and O–H groups in total. The second-order valence-corrected chi connectivity index (χ2v) is 7.00. The summed E-state index contributed by atoms with van der Waals surface area (Å²) >= 11 is 0. The van der Waals surface area contributed by atoms with E-state index in [1.54, 1.807) is 23.5 Å². The number of rotatable bonds is 4. The summed E-state index contributed by atoms with van der Waals surface area (Å²) in [4.78, 5) is 0. The Kier molecular flexibility index (Phi) is 4.44. The van der Waals surface area contributed by atoms with Gasteiger partial charge < -0.3 is 5.73 Å². The Morgan fingerprint density at radius 2 is 1.74 bits per heavy atom. The molecule has 2 rings (SSSR count). The summed E-state index contributed by atoms with van der Waals surface area (Å²) in [6.45, 7) is 1.64. The summed E-state index contributed by atoms with van der Waals surface area (Å²) in [6, 6.07) is 7.29. The van der Waals surface area contributed by atoms with Gasteiger partial charge in [-0.2, -0.15) is 17.0 Å². The van der Waals surface area contributed by atoms with Gasteiger partial charge in [-0.3, -0.25) is 0 Å². The zero-order valence-electron chi connectivity index (χ0n) is 11.2. The normalized spacial score (nSPS) is 17.8. The van der Waals surface area contributed by atoms with Gasteiger partial charge in [0.05, 0.1) is 0 Å². The van der Waals surface area contributed by atoms with E-state index in [1.807, 2.05) is 12.1 Å². The van der Waals surface area contributed by atoms with Gasteiger partial charge in [-0.05, 0) is 30.5 Å². The van der Waals surface area contributed by atoms with E-state index >= 15 is 0 Å². The van der Waals surface area contributed by atoms with Crippen LogP contribution in [0.2, 0.25) is 0 Å². The van der Waals surface area contributed by atoms with Crippen molar-refractivity contribution in [3.8, 4) is 0 Å². The van der Waals surface area contributed by atoms with Crippen LogP contribution in [-0.4, -0.2) is 37.2 Å². The van der Waals surface area contributed by atoms with Crippen LogP contribution in [0.1, 0.15) is 24.8 Å². The van der Waals surface area contributed by atoms with Crippen LogP contribution in [0, 0.1) is 0 Å². The zero-order valence-corrected chi connectivity index (χ0v) is 12.1. The predicted molar refractivity (Wildman–Crippen MR) is 76.7 cm³/mol. The molecular formula is C13H21N3O2S. The number of nitrogens with zero attached hydrogens (tertiary/aromatic N) is 2. The third kappa shape index (κ3) is 3.46. The van der Waals surface area contributed by atoms with Crippen molar-refractivity contribution in [1.82, 2.24) is 8.61 Å². The monoisotopic (exact) mass is 283 g/mol. The van der Waals surface area contributed by atoms with Crippen molar-refractivity contribution in [2.45, 2.75) is 25.8 Å². The van der Waals surface area contributed by atoms with Gasteiger partial charge in [0.2, 0.25) is 0 Å². The van der Waals surface area contributed by atoms with Crippen LogP contribution in [0.3, 0.4) is 0 Å². The molecule has 0 saturated carbocycles. The van der Waals surface area contributed by atoms with E-state index in [2.05, 4.69) is 0 Å². The van der Waals surface area contributed by atoms with Gasteiger partial charge >= 0.3 is 0 Å². The average Bonchev–Trinajstić information content (AvgIpc) is 2.42. The van der Waals surface area contributed by atoms with Crippen molar-refractivity contribution < 1.29 is 8.42 Å². The molecule has 0 amide bonds. The fourth-order valence-electron chi connectivity index (χ4n) is 2.25. The highest BCUT2D eigenvalue weighted by atomic mass is 32.2. The Hall–Kier alpha value is -1.11. The summed E-state index contributed by atoms with van der Waals surface area (Å²) in [5, 5.41) is 0. The summed E-state index contributed by atoms with van der Waals surface area (Å²) in [5.74, 6) is 0. The Morgan fingerprint density at radius 3 is 2.32 bits per heavy atom. The lowest BCUT2D eigenvalue weighted by atomic mass is 10.2. The van der Waals surface area contributed by atoms with Gasteiger partial charge in [-0.15, -0.1) is 0 Å². The van der Waals surface area contributed by atoms with Gasteiger partial charge in [0, 0.05) is 32.4 Å². The van der Waals surface area contributed by atoms with Gasteiger partial charge in [0.1, 0.15) is 0 Å². The highest BCUT2D eigenvalue weighted by Crippen LogP contribution is 2.17. The lowest BCUT2D eigenvalue weighted by Crippen LogP contribution is -2.43. The van der Waals surface area contributed by atoms with Crippen LogP contribution >= 0.6 is 0 Å². The van der Waals surface area contributed by atoms with Gasteiger partial charge in [-0.1, -0.05) is 18.6 Å². The molecule has 19 heavy (non-hydrogen) atoms. The highest BCUT2D eigenvalue weighted by molar-refractivity contribution is 7.86. The van der Waals surface area contributed by atoms with Crippen LogP contribution < -0.4 is 5.73 Å². The van der Waals surface area contributed by atoms with E-state index in [1.165, 1.54) is 4.31 Å². The number of benzene rings is 1. The SMILES string of the molecule is CN(Cc1ccc(N)cc1)S(=O)(=O)N1CCCCC1. The van der Waals surface area contributed by atoms with Crippen LogP contribution in [0.4, 0.5) is 5.69 Å². The maximum atomic E-state index is 12.4. The molecule has 1 fully saturated rings. The van der Waals surface area contributed by atoms with Crippen molar-refractivity contribution in [3.05, 3.63) is 29.8 Å². The van der Waals surface area contributed by atoms with Crippen molar-refractivity contribution >= 4 is 15.9 Å². The Bertz CT molecular complexity index is 507. The Morgan fingerprint density at radius 1 is 1.16 bits per heavy atom. The molecule has 0 aromatic heterocycles. The standard InChI is InChI=1S/C13H21N3O2S/c1-15(11-12-5-7-13(14)8-6-12)19(17,18)16-9-3-2-4-10-16/h5-8H,2-4,9-11,14H2,1H3. The lowest BCUT2D eigenvalue weighted by Gasteiger charge is -2.30. The van der Waals surface area contributed by atoms with Crippen molar-refractivity contribution in [3.63, 3.8) is 0 Å². The third-order valence-corrected chi connectivity index (χ3v) is 5.35. The molecule has 1 heterocycles. The van der Waals surface area contributed by atoms with Crippen molar-refractivity contribution in [2.75, 3.05) is 25.9 Å². The first-order valence-electron chi connectivity index (χ1n) is 6.56. The molecule has 0 spiro atoms. The first-order chi connectivity index (χ1) is 9.00. The smallest absolute Gasteiger partial charge is 0.282 e. The van der Waals surface area contributed by atoms with E-state index in [-0.39, 0.29) is 0 Å². The molecule has 106 valence electrons. The molecule has 0 atom stereocenters. The minimum Gasteiger partial charge on any atom is -0.399 e. The summed E-state index contributed by atoms with van der Waals surface area (Å²) < 4.78 is 27.8. The van der Waals surface area contributed by atoms with Crippen LogP contribution in [0.5, 0.6) is 0 Å². The second kappa shape index (κ2) is 5.90. The van der Waals surface area contributed by atoms with Gasteiger partial charge in [0.25, 0.3) is 10.2 Å². The van der Waals surface area contributed by atoms with E-state index in [4.69, 9.17) is 5.73 Å². The summed E-state index contributed by atoms with van der Waals surface area (Å²) in [5.41, 5.74) is 7.25.